The van der Waals surface area contributed by atoms with Crippen molar-refractivity contribution in [2.75, 3.05) is 26.1 Å². The number of nitrogens with one attached hydrogen (secondary N) is 1. The summed E-state index contributed by atoms with van der Waals surface area (Å²) in [6.45, 7) is 3.97. The molecule has 10 heteroatoms. The smallest absolute Gasteiger partial charge is 0.342 e. The Morgan fingerprint density at radius 3 is 2.53 bits per heavy atom. The van der Waals surface area contributed by atoms with Crippen LogP contribution in [0.1, 0.15) is 17.0 Å². The van der Waals surface area contributed by atoms with E-state index in [1.807, 2.05) is 38.9 Å². The van der Waals surface area contributed by atoms with Crippen molar-refractivity contribution in [3.05, 3.63) is 75.4 Å². The van der Waals surface area contributed by atoms with Gasteiger partial charge in [0, 0.05) is 41.9 Å². The number of rotatable bonds is 8. The lowest BCUT2D eigenvalue weighted by Gasteiger charge is -2.15. The largest absolute Gasteiger partial charge is 0.496 e. The number of H-pyrrole nitrogens is 1. The summed E-state index contributed by atoms with van der Waals surface area (Å²) in [4.78, 5) is 18.7. The number of aromatic nitrogens is 4. The van der Waals surface area contributed by atoms with Gasteiger partial charge in [-0.25, -0.2) is 9.78 Å². The molecule has 0 bridgehead atoms. The Balaban J connectivity index is 1.64. The molecule has 2 heterocycles. The van der Waals surface area contributed by atoms with E-state index < -0.39 is 5.97 Å². The maximum Gasteiger partial charge on any atom is 0.342 e. The fourth-order valence-electron chi connectivity index (χ4n) is 3.88. The number of nitrogens with zero attached hydrogens (tertiary/aromatic N) is 4. The molecule has 0 atom stereocenters. The standard InChI is InChI=1S/C26H26ClN5O3S/c1-15-12-17(16(2)32(15)20-9-7-19(8-10-20)31(3)4)13-23(25(33)34)36-26-28-24(29-30-26)21-14-18(27)6-11-22(21)35-5/h6-14H,1-5H3,(H,33,34)(H,28,29,30)/b23-13+. The molecule has 8 nitrogen and oxygen atoms in total. The van der Waals surface area contributed by atoms with Crippen LogP contribution < -0.4 is 9.64 Å². The van der Waals surface area contributed by atoms with Gasteiger partial charge in [0.1, 0.15) is 10.7 Å². The maximum atomic E-state index is 12.1. The van der Waals surface area contributed by atoms with Gasteiger partial charge in [-0.15, -0.1) is 5.10 Å². The zero-order valence-corrected chi connectivity index (χ0v) is 22.1. The van der Waals surface area contributed by atoms with Gasteiger partial charge in [0.2, 0.25) is 5.16 Å². The monoisotopic (exact) mass is 523 g/mol. The lowest BCUT2D eigenvalue weighted by molar-refractivity contribution is -0.131. The third-order valence-electron chi connectivity index (χ3n) is 5.67. The van der Waals surface area contributed by atoms with Crippen LogP contribution in [0.15, 0.2) is 58.6 Å². The van der Waals surface area contributed by atoms with E-state index in [9.17, 15) is 9.90 Å². The second kappa shape index (κ2) is 10.5. The number of benzene rings is 2. The molecule has 0 spiro atoms. The molecule has 0 aliphatic carbocycles. The highest BCUT2D eigenvalue weighted by Gasteiger charge is 2.18. The zero-order chi connectivity index (χ0) is 26.0. The van der Waals surface area contributed by atoms with Gasteiger partial charge in [0.05, 0.1) is 12.7 Å². The van der Waals surface area contributed by atoms with Crippen molar-refractivity contribution in [3.8, 4) is 22.8 Å². The van der Waals surface area contributed by atoms with E-state index in [1.165, 1.54) is 0 Å². The van der Waals surface area contributed by atoms with Crippen LogP contribution in [-0.4, -0.2) is 52.0 Å². The number of carboxylic acid groups (broad SMARTS) is 1. The molecule has 2 N–H and O–H groups in total. The Hall–Kier alpha value is -3.69. The van der Waals surface area contributed by atoms with Crippen LogP contribution in [-0.2, 0) is 4.79 Å². The number of ether oxygens (including phenoxy) is 1. The fraction of sp³-hybridized carbons (Fsp3) is 0.192. The molecule has 0 aliphatic heterocycles. The van der Waals surface area contributed by atoms with Crippen LogP contribution in [0.2, 0.25) is 5.02 Å². The van der Waals surface area contributed by atoms with Crippen molar-refractivity contribution in [2.45, 2.75) is 19.0 Å². The Labute approximate surface area is 218 Å². The highest BCUT2D eigenvalue weighted by atomic mass is 35.5. The second-order valence-corrected chi connectivity index (χ2v) is 9.75. The number of halogens is 1. The topological polar surface area (TPSA) is 96.3 Å². The van der Waals surface area contributed by atoms with Crippen LogP contribution in [0.3, 0.4) is 0 Å². The predicted molar refractivity (Wildman–Crippen MR) is 144 cm³/mol. The van der Waals surface area contributed by atoms with E-state index >= 15 is 0 Å². The third kappa shape index (κ3) is 5.27. The van der Waals surface area contributed by atoms with Crippen LogP contribution in [0, 0.1) is 13.8 Å². The van der Waals surface area contributed by atoms with Crippen molar-refractivity contribution >= 4 is 41.1 Å². The summed E-state index contributed by atoms with van der Waals surface area (Å²) in [5.74, 6) is -0.0556. The molecule has 0 radical (unpaired) electrons. The average molecular weight is 524 g/mol. The van der Waals surface area contributed by atoms with E-state index in [0.717, 1.165) is 40.1 Å². The Bertz CT molecular complexity index is 1440. The molecular formula is C26H26ClN5O3S. The summed E-state index contributed by atoms with van der Waals surface area (Å²) in [5.41, 5.74) is 5.49. The van der Waals surface area contributed by atoms with Crippen LogP contribution in [0.25, 0.3) is 23.2 Å². The number of aliphatic carboxylic acids is 1. The number of anilines is 1. The molecular weight excluding hydrogens is 498 g/mol. The third-order valence-corrected chi connectivity index (χ3v) is 6.79. The van der Waals surface area contributed by atoms with Crippen LogP contribution in [0.5, 0.6) is 5.75 Å². The molecule has 2 aromatic carbocycles. The van der Waals surface area contributed by atoms with Crippen molar-refractivity contribution in [2.24, 2.45) is 0 Å². The number of hydrogen-bond acceptors (Lipinski definition) is 6. The van der Waals surface area contributed by atoms with E-state index in [1.54, 1.807) is 31.4 Å². The van der Waals surface area contributed by atoms with E-state index in [-0.39, 0.29) is 10.1 Å². The van der Waals surface area contributed by atoms with Gasteiger partial charge >= 0.3 is 5.97 Å². The summed E-state index contributed by atoms with van der Waals surface area (Å²) in [6.07, 6.45) is 1.65. The summed E-state index contributed by atoms with van der Waals surface area (Å²) in [7, 11) is 5.55. The fourth-order valence-corrected chi connectivity index (χ4v) is 4.75. The average Bonchev–Trinajstić information content (AvgIpc) is 3.42. The molecule has 4 rings (SSSR count). The summed E-state index contributed by atoms with van der Waals surface area (Å²) >= 11 is 7.10. The van der Waals surface area contributed by atoms with E-state index in [2.05, 4.69) is 44.0 Å². The molecule has 0 saturated heterocycles. The Morgan fingerprint density at radius 1 is 1.17 bits per heavy atom. The van der Waals surface area contributed by atoms with Gasteiger partial charge in [0.15, 0.2) is 5.82 Å². The van der Waals surface area contributed by atoms with Gasteiger partial charge in [-0.3, -0.25) is 5.10 Å². The number of thioether (sulfide) groups is 1. The second-order valence-electron chi connectivity index (χ2n) is 8.30. The molecule has 0 aliphatic rings. The molecule has 0 saturated carbocycles. The molecule has 0 fully saturated rings. The first kappa shape index (κ1) is 25.4. The molecule has 2 aromatic heterocycles. The van der Waals surface area contributed by atoms with Crippen molar-refractivity contribution in [3.63, 3.8) is 0 Å². The highest BCUT2D eigenvalue weighted by molar-refractivity contribution is 8.04. The number of aromatic amines is 1. The van der Waals surface area contributed by atoms with Crippen molar-refractivity contribution in [1.29, 1.82) is 0 Å². The van der Waals surface area contributed by atoms with Gasteiger partial charge in [-0.1, -0.05) is 11.6 Å². The SMILES string of the molecule is COc1ccc(Cl)cc1-c1nc(S/C(=C/c2cc(C)n(-c3ccc(N(C)C)cc3)c2C)C(=O)O)n[nH]1. The maximum absolute atomic E-state index is 12.1. The van der Waals surface area contributed by atoms with Crippen LogP contribution >= 0.6 is 23.4 Å². The first-order chi connectivity index (χ1) is 17.2. The van der Waals surface area contributed by atoms with Gasteiger partial charge < -0.3 is 19.3 Å². The van der Waals surface area contributed by atoms with Crippen LogP contribution in [0.4, 0.5) is 5.69 Å². The van der Waals surface area contributed by atoms with Gasteiger partial charge in [0.25, 0.3) is 0 Å². The number of carboxylic acids is 1. The number of aryl methyl sites for hydroxylation is 1. The van der Waals surface area contributed by atoms with E-state index in [4.69, 9.17) is 16.3 Å². The highest BCUT2D eigenvalue weighted by Crippen LogP contribution is 2.33. The summed E-state index contributed by atoms with van der Waals surface area (Å²) in [6, 6.07) is 15.3. The molecule has 0 amide bonds. The minimum Gasteiger partial charge on any atom is -0.496 e. The van der Waals surface area contributed by atoms with Gasteiger partial charge in [-0.2, -0.15) is 0 Å². The van der Waals surface area contributed by atoms with Crippen molar-refractivity contribution in [1.82, 2.24) is 19.7 Å². The molecule has 36 heavy (non-hydrogen) atoms. The summed E-state index contributed by atoms with van der Waals surface area (Å²) in [5, 5.41) is 17.7. The minimum absolute atomic E-state index is 0.0989. The quantitative estimate of drug-likeness (QED) is 0.222. The predicted octanol–water partition coefficient (Wildman–Crippen LogP) is 5.83. The lowest BCUT2D eigenvalue weighted by atomic mass is 10.2. The van der Waals surface area contributed by atoms with Crippen molar-refractivity contribution < 1.29 is 14.6 Å². The summed E-state index contributed by atoms with van der Waals surface area (Å²) < 4.78 is 7.48. The molecule has 0 unspecified atom stereocenters. The number of methoxy groups -OCH3 is 1. The Morgan fingerprint density at radius 2 is 1.89 bits per heavy atom. The minimum atomic E-state index is -1.06. The molecule has 186 valence electrons. The number of carbonyl (C=O) groups is 1. The molecule has 4 aromatic rings. The lowest BCUT2D eigenvalue weighted by Crippen LogP contribution is -2.08. The number of hydrogen-bond donors (Lipinski definition) is 2. The van der Waals surface area contributed by atoms with Gasteiger partial charge in [-0.05, 0) is 85.8 Å². The zero-order valence-electron chi connectivity index (χ0n) is 20.5. The normalized spacial score (nSPS) is 11.6. The Kier molecular flexibility index (Phi) is 7.42. The van der Waals surface area contributed by atoms with E-state index in [0.29, 0.717) is 22.2 Å². The first-order valence-corrected chi connectivity index (χ1v) is 12.2. The first-order valence-electron chi connectivity index (χ1n) is 11.0.